The summed E-state index contributed by atoms with van der Waals surface area (Å²) < 4.78 is 46.8. The average molecular weight is 651 g/mol. The molecule has 0 radical (unpaired) electrons. The van der Waals surface area contributed by atoms with Crippen LogP contribution in [0.15, 0.2) is 66.9 Å². The highest BCUT2D eigenvalue weighted by molar-refractivity contribution is 7.14. The highest BCUT2D eigenvalue weighted by Crippen LogP contribution is 2.42. The maximum absolute atomic E-state index is 15.8. The molecule has 1 aliphatic carbocycles. The van der Waals surface area contributed by atoms with Gasteiger partial charge >= 0.3 is 12.6 Å². The molecule has 6 rings (SSSR count). The molecule has 9 nitrogen and oxygen atoms in total. The molecular formula is C33H29F3N4O5S. The van der Waals surface area contributed by atoms with Crippen LogP contribution in [0.25, 0.3) is 22.4 Å². The molecule has 2 aromatic heterocycles. The molecule has 1 saturated heterocycles. The number of hydrogen-bond donors (Lipinski definition) is 1. The van der Waals surface area contributed by atoms with E-state index in [-0.39, 0.29) is 40.5 Å². The summed E-state index contributed by atoms with van der Waals surface area (Å²) in [5.74, 6) is -2.30. The molecule has 2 fully saturated rings. The Balaban J connectivity index is 1.37. The van der Waals surface area contributed by atoms with Gasteiger partial charge in [0.05, 0.1) is 12.3 Å². The zero-order chi connectivity index (χ0) is 32.4. The SMILES string of the molecule is O=C(O)CC(Cc1ccccc1)C(=O)N(c1nc(-c2cc(OC(F)F)ccc2-c2ccc(N3CCCC3=O)nc2)c(F)s1)C1CC1. The number of nitrogens with zero attached hydrogens (tertiary/aromatic N) is 4. The topological polar surface area (TPSA) is 113 Å². The number of alkyl halides is 2. The maximum Gasteiger partial charge on any atom is 0.387 e. The molecule has 2 aliphatic rings. The molecule has 2 amide bonds. The molecule has 2 aromatic carbocycles. The van der Waals surface area contributed by atoms with Crippen molar-refractivity contribution in [1.82, 2.24) is 9.97 Å². The number of thiazole rings is 1. The molecule has 46 heavy (non-hydrogen) atoms. The highest BCUT2D eigenvalue weighted by atomic mass is 32.1. The second kappa shape index (κ2) is 13.3. The third kappa shape index (κ3) is 6.89. The zero-order valence-electron chi connectivity index (χ0n) is 24.4. The van der Waals surface area contributed by atoms with Gasteiger partial charge in [-0.1, -0.05) is 41.7 Å². The summed E-state index contributed by atoms with van der Waals surface area (Å²) in [6.07, 6.45) is 3.74. The largest absolute Gasteiger partial charge is 0.481 e. The number of ether oxygens (including phenoxy) is 1. The second-order valence-electron chi connectivity index (χ2n) is 11.2. The molecular weight excluding hydrogens is 621 g/mol. The summed E-state index contributed by atoms with van der Waals surface area (Å²) in [5, 5.41) is 8.90. The zero-order valence-corrected chi connectivity index (χ0v) is 25.3. The van der Waals surface area contributed by atoms with Crippen LogP contribution < -0.4 is 14.5 Å². The fourth-order valence-electron chi connectivity index (χ4n) is 5.62. The number of pyridine rings is 1. The Morgan fingerprint density at radius 2 is 1.87 bits per heavy atom. The van der Waals surface area contributed by atoms with Crippen molar-refractivity contribution in [2.45, 2.75) is 51.2 Å². The van der Waals surface area contributed by atoms with Crippen molar-refractivity contribution >= 4 is 40.1 Å². The van der Waals surface area contributed by atoms with E-state index in [1.807, 2.05) is 18.2 Å². The van der Waals surface area contributed by atoms with E-state index in [1.54, 1.807) is 29.2 Å². The Morgan fingerprint density at radius 1 is 1.09 bits per heavy atom. The van der Waals surface area contributed by atoms with Crippen LogP contribution in [-0.2, 0) is 20.8 Å². The van der Waals surface area contributed by atoms with E-state index in [0.29, 0.717) is 54.1 Å². The number of amides is 2. The predicted octanol–water partition coefficient (Wildman–Crippen LogP) is 6.57. The summed E-state index contributed by atoms with van der Waals surface area (Å²) in [7, 11) is 0. The number of carboxylic acid groups (broad SMARTS) is 1. The summed E-state index contributed by atoms with van der Waals surface area (Å²) >= 11 is 0.631. The van der Waals surface area contributed by atoms with Crippen LogP contribution in [0.5, 0.6) is 5.75 Å². The summed E-state index contributed by atoms with van der Waals surface area (Å²) in [5.41, 5.74) is 1.69. The minimum absolute atomic E-state index is 0.0318. The number of anilines is 2. The first-order valence-electron chi connectivity index (χ1n) is 14.8. The van der Waals surface area contributed by atoms with Crippen molar-refractivity contribution < 1.29 is 37.4 Å². The number of aromatic nitrogens is 2. The lowest BCUT2D eigenvalue weighted by atomic mass is 9.94. The van der Waals surface area contributed by atoms with Gasteiger partial charge in [-0.2, -0.15) is 13.2 Å². The number of benzene rings is 2. The Morgan fingerprint density at radius 3 is 2.50 bits per heavy atom. The van der Waals surface area contributed by atoms with Crippen LogP contribution in [0.1, 0.15) is 37.7 Å². The van der Waals surface area contributed by atoms with Crippen LogP contribution in [0.3, 0.4) is 0 Å². The van der Waals surface area contributed by atoms with Gasteiger partial charge in [0, 0.05) is 36.3 Å². The van der Waals surface area contributed by atoms with E-state index < -0.39 is 36.0 Å². The van der Waals surface area contributed by atoms with E-state index in [2.05, 4.69) is 14.7 Å². The van der Waals surface area contributed by atoms with Crippen molar-refractivity contribution in [3.63, 3.8) is 0 Å². The summed E-state index contributed by atoms with van der Waals surface area (Å²) in [4.78, 5) is 49.7. The first-order chi connectivity index (χ1) is 22.2. The standard InChI is InChI=1S/C33H29F3N4O5S/c34-30-29(38-33(46-30)40(22-9-10-22)31(44)21(16-28(42)43)15-19-5-2-1-3-6-19)25-17-23(45-32(35)36)11-12-24(25)20-8-13-26(37-18-20)39-14-4-7-27(39)41/h1-3,5-6,8,11-13,17-18,21-22,32H,4,7,9-10,14-16H2,(H,42,43). The van der Waals surface area contributed by atoms with Gasteiger partial charge in [-0.15, -0.1) is 0 Å². The number of aliphatic carboxylic acids is 1. The van der Waals surface area contributed by atoms with E-state index in [4.69, 9.17) is 0 Å². The highest BCUT2D eigenvalue weighted by Gasteiger charge is 2.40. The first-order valence-corrected chi connectivity index (χ1v) is 15.6. The van der Waals surface area contributed by atoms with Crippen LogP contribution >= 0.6 is 11.3 Å². The van der Waals surface area contributed by atoms with E-state index in [0.717, 1.165) is 12.0 Å². The van der Waals surface area contributed by atoms with Gasteiger partial charge in [-0.05, 0) is 67.1 Å². The van der Waals surface area contributed by atoms with E-state index >= 15 is 4.39 Å². The number of rotatable bonds is 12. The number of carbonyl (C=O) groups is 3. The molecule has 3 heterocycles. The van der Waals surface area contributed by atoms with Gasteiger partial charge in [0.25, 0.3) is 0 Å². The van der Waals surface area contributed by atoms with Crippen LogP contribution in [0.2, 0.25) is 0 Å². The molecule has 1 aliphatic heterocycles. The van der Waals surface area contributed by atoms with Crippen LogP contribution in [-0.4, -0.2) is 52.1 Å². The third-order valence-electron chi connectivity index (χ3n) is 7.91. The van der Waals surface area contributed by atoms with Gasteiger partial charge < -0.3 is 9.84 Å². The Hall–Kier alpha value is -4.78. The third-order valence-corrected chi connectivity index (χ3v) is 8.75. The van der Waals surface area contributed by atoms with Gasteiger partial charge in [-0.25, -0.2) is 9.97 Å². The quantitative estimate of drug-likeness (QED) is 0.185. The van der Waals surface area contributed by atoms with Gasteiger partial charge in [0.2, 0.25) is 16.9 Å². The monoisotopic (exact) mass is 650 g/mol. The minimum Gasteiger partial charge on any atom is -0.481 e. The lowest BCUT2D eigenvalue weighted by Crippen LogP contribution is -2.39. The Bertz CT molecular complexity index is 1750. The fourth-order valence-corrected chi connectivity index (χ4v) is 6.51. The number of hydrogen-bond acceptors (Lipinski definition) is 7. The van der Waals surface area contributed by atoms with Gasteiger partial charge in [0.15, 0.2) is 5.13 Å². The Labute approximate surface area is 266 Å². The molecule has 238 valence electrons. The average Bonchev–Trinajstić information content (AvgIpc) is 3.65. The van der Waals surface area contributed by atoms with Crippen LogP contribution in [0.4, 0.5) is 24.1 Å². The molecule has 1 unspecified atom stereocenters. The summed E-state index contributed by atoms with van der Waals surface area (Å²) in [6.45, 7) is -2.56. The van der Waals surface area contributed by atoms with E-state index in [9.17, 15) is 28.3 Å². The summed E-state index contributed by atoms with van der Waals surface area (Å²) in [6, 6.07) is 16.2. The molecule has 1 atom stereocenters. The lowest BCUT2D eigenvalue weighted by Gasteiger charge is -2.24. The fraction of sp³-hybridized carbons (Fsp3) is 0.303. The van der Waals surface area contributed by atoms with Gasteiger partial charge in [0.1, 0.15) is 17.3 Å². The number of carboxylic acids is 1. The van der Waals surface area contributed by atoms with Gasteiger partial charge in [-0.3, -0.25) is 24.2 Å². The van der Waals surface area contributed by atoms with E-state index in [1.165, 1.54) is 29.3 Å². The molecule has 0 bridgehead atoms. The Kier molecular flexibility index (Phi) is 9.02. The smallest absolute Gasteiger partial charge is 0.387 e. The van der Waals surface area contributed by atoms with Crippen LogP contribution in [0, 0.1) is 11.0 Å². The molecule has 0 spiro atoms. The van der Waals surface area contributed by atoms with Crippen molar-refractivity contribution in [2.75, 3.05) is 16.3 Å². The van der Waals surface area contributed by atoms with Crippen molar-refractivity contribution in [3.05, 3.63) is 77.6 Å². The number of carbonyl (C=O) groups excluding carboxylic acids is 2. The number of halogens is 3. The lowest BCUT2D eigenvalue weighted by molar-refractivity contribution is -0.140. The van der Waals surface area contributed by atoms with Crippen molar-refractivity contribution in [1.29, 1.82) is 0 Å². The normalized spacial score (nSPS) is 15.3. The maximum atomic E-state index is 15.8. The van der Waals surface area contributed by atoms with Crippen molar-refractivity contribution in [2.24, 2.45) is 5.92 Å². The predicted molar refractivity (Wildman–Crippen MR) is 165 cm³/mol. The molecule has 13 heteroatoms. The minimum atomic E-state index is -3.12. The second-order valence-corrected chi connectivity index (χ2v) is 12.1. The molecule has 4 aromatic rings. The van der Waals surface area contributed by atoms with Crippen molar-refractivity contribution in [3.8, 4) is 28.1 Å². The molecule has 1 saturated carbocycles. The molecule has 1 N–H and O–H groups in total. The first kappa shape index (κ1) is 31.2.